The van der Waals surface area contributed by atoms with Crippen LogP contribution in [-0.2, 0) is 9.53 Å². The van der Waals surface area contributed by atoms with E-state index in [4.69, 9.17) is 4.74 Å². The van der Waals surface area contributed by atoms with E-state index in [0.717, 1.165) is 11.3 Å². The van der Waals surface area contributed by atoms with Gasteiger partial charge in [-0.2, -0.15) is 0 Å². The Hall–Kier alpha value is -2.82. The predicted molar refractivity (Wildman–Crippen MR) is 95.4 cm³/mol. The van der Waals surface area contributed by atoms with Gasteiger partial charge in [-0.15, -0.1) is 0 Å². The molecule has 0 atom stereocenters. The summed E-state index contributed by atoms with van der Waals surface area (Å²) in [5, 5.41) is 5.92. The van der Waals surface area contributed by atoms with Crippen LogP contribution in [0.25, 0.3) is 0 Å². The highest BCUT2D eigenvalue weighted by Gasteiger charge is 2.08. The summed E-state index contributed by atoms with van der Waals surface area (Å²) in [6, 6.07) is 12.6. The smallest absolute Gasteiger partial charge is 0.338 e. The van der Waals surface area contributed by atoms with Gasteiger partial charge in [0.25, 0.3) is 0 Å². The maximum atomic E-state index is 12.0. The fraction of sp³-hybridized carbons (Fsp3) is 0.263. The number of esters is 1. The number of hydrogen-bond acceptors (Lipinski definition) is 4. The maximum absolute atomic E-state index is 12.0. The second kappa shape index (κ2) is 8.15. The number of hydrogen-bond donors (Lipinski definition) is 2. The lowest BCUT2D eigenvalue weighted by Gasteiger charge is -2.11. The van der Waals surface area contributed by atoms with Crippen LogP contribution in [0.15, 0.2) is 42.5 Å². The van der Waals surface area contributed by atoms with E-state index in [-0.39, 0.29) is 18.4 Å². The molecule has 0 aliphatic heterocycles. The van der Waals surface area contributed by atoms with Crippen molar-refractivity contribution in [1.82, 2.24) is 0 Å². The van der Waals surface area contributed by atoms with Gasteiger partial charge in [-0.05, 0) is 62.2 Å². The molecule has 2 N–H and O–H groups in total. The molecule has 0 aromatic heterocycles. The van der Waals surface area contributed by atoms with Crippen LogP contribution >= 0.6 is 0 Å². The first-order valence-corrected chi connectivity index (χ1v) is 7.88. The third-order valence-electron chi connectivity index (χ3n) is 3.72. The van der Waals surface area contributed by atoms with E-state index in [0.29, 0.717) is 17.9 Å². The van der Waals surface area contributed by atoms with Crippen LogP contribution in [0.5, 0.6) is 0 Å². The van der Waals surface area contributed by atoms with Gasteiger partial charge in [0.1, 0.15) is 0 Å². The topological polar surface area (TPSA) is 67.4 Å². The van der Waals surface area contributed by atoms with Crippen molar-refractivity contribution in [3.8, 4) is 0 Å². The van der Waals surface area contributed by atoms with Crippen molar-refractivity contribution in [2.75, 3.05) is 23.8 Å². The number of amides is 1. The second-order valence-electron chi connectivity index (χ2n) is 5.45. The van der Waals surface area contributed by atoms with Crippen LogP contribution in [0.3, 0.4) is 0 Å². The van der Waals surface area contributed by atoms with Crippen LogP contribution in [-0.4, -0.2) is 25.0 Å². The van der Waals surface area contributed by atoms with Crippen molar-refractivity contribution in [3.05, 3.63) is 59.2 Å². The molecule has 2 aromatic rings. The lowest BCUT2D eigenvalue weighted by molar-refractivity contribution is -0.114. The summed E-state index contributed by atoms with van der Waals surface area (Å²) < 4.78 is 4.92. The number of nitrogens with one attached hydrogen (secondary N) is 2. The Bertz CT molecular complexity index is 724. The summed E-state index contributed by atoms with van der Waals surface area (Å²) in [4.78, 5) is 23.6. The Morgan fingerprint density at radius 2 is 1.75 bits per heavy atom. The zero-order valence-electron chi connectivity index (χ0n) is 14.2. The highest BCUT2D eigenvalue weighted by atomic mass is 16.5. The summed E-state index contributed by atoms with van der Waals surface area (Å²) >= 11 is 0. The fourth-order valence-electron chi connectivity index (χ4n) is 2.23. The van der Waals surface area contributed by atoms with E-state index in [1.54, 1.807) is 31.2 Å². The monoisotopic (exact) mass is 326 g/mol. The van der Waals surface area contributed by atoms with Crippen molar-refractivity contribution in [3.63, 3.8) is 0 Å². The molecule has 0 aliphatic rings. The first-order valence-electron chi connectivity index (χ1n) is 7.88. The van der Waals surface area contributed by atoms with Crippen molar-refractivity contribution in [2.24, 2.45) is 0 Å². The van der Waals surface area contributed by atoms with Gasteiger partial charge in [0.2, 0.25) is 5.91 Å². The van der Waals surface area contributed by atoms with Gasteiger partial charge in [-0.1, -0.05) is 12.1 Å². The number of rotatable bonds is 6. The molecular weight excluding hydrogens is 304 g/mol. The zero-order chi connectivity index (χ0) is 17.5. The lowest BCUT2D eigenvalue weighted by atomic mass is 10.1. The molecule has 0 saturated carbocycles. The number of carbonyl (C=O) groups excluding carboxylic acids is 2. The molecular formula is C19H22N2O3. The van der Waals surface area contributed by atoms with E-state index >= 15 is 0 Å². The maximum Gasteiger partial charge on any atom is 0.338 e. The van der Waals surface area contributed by atoms with Gasteiger partial charge in [-0.3, -0.25) is 4.79 Å². The summed E-state index contributed by atoms with van der Waals surface area (Å²) in [6.07, 6.45) is 0. The van der Waals surface area contributed by atoms with Crippen LogP contribution < -0.4 is 10.6 Å². The summed E-state index contributed by atoms with van der Waals surface area (Å²) in [5.74, 6) is -0.522. The standard InChI is InChI=1S/C19H22N2O3/c1-4-24-19(23)15-8-10-16(11-9-15)21-18(22)12-20-17-7-5-6-13(2)14(17)3/h5-11,20H,4,12H2,1-3H3,(H,21,22). The van der Waals surface area contributed by atoms with Gasteiger partial charge in [0.15, 0.2) is 0 Å². The van der Waals surface area contributed by atoms with E-state index in [2.05, 4.69) is 10.6 Å². The Morgan fingerprint density at radius 1 is 1.04 bits per heavy atom. The molecule has 5 nitrogen and oxygen atoms in total. The summed E-state index contributed by atoms with van der Waals surface area (Å²) in [5.41, 5.74) is 4.35. The number of ether oxygens (including phenoxy) is 1. The van der Waals surface area contributed by atoms with Gasteiger partial charge >= 0.3 is 5.97 Å². The second-order valence-corrected chi connectivity index (χ2v) is 5.45. The molecule has 1 amide bonds. The molecule has 0 spiro atoms. The molecule has 0 saturated heterocycles. The van der Waals surface area contributed by atoms with Crippen molar-refractivity contribution in [1.29, 1.82) is 0 Å². The average molecular weight is 326 g/mol. The van der Waals surface area contributed by atoms with Crippen LogP contribution in [0.2, 0.25) is 0 Å². The van der Waals surface area contributed by atoms with Crippen molar-refractivity contribution >= 4 is 23.3 Å². The van der Waals surface area contributed by atoms with Crippen molar-refractivity contribution in [2.45, 2.75) is 20.8 Å². The minimum Gasteiger partial charge on any atom is -0.462 e. The summed E-state index contributed by atoms with van der Waals surface area (Å²) in [6.45, 7) is 6.32. The van der Waals surface area contributed by atoms with Crippen molar-refractivity contribution < 1.29 is 14.3 Å². The quantitative estimate of drug-likeness (QED) is 0.797. The zero-order valence-corrected chi connectivity index (χ0v) is 14.2. The molecule has 0 bridgehead atoms. The molecule has 126 valence electrons. The largest absolute Gasteiger partial charge is 0.462 e. The molecule has 5 heteroatoms. The number of anilines is 2. The predicted octanol–water partition coefficient (Wildman–Crippen LogP) is 3.53. The first-order chi connectivity index (χ1) is 11.5. The first kappa shape index (κ1) is 17.5. The molecule has 0 unspecified atom stereocenters. The molecule has 0 aliphatic carbocycles. The highest BCUT2D eigenvalue weighted by molar-refractivity contribution is 5.95. The molecule has 0 radical (unpaired) electrons. The Labute approximate surface area is 142 Å². The van der Waals surface area contributed by atoms with Crippen LogP contribution in [0.4, 0.5) is 11.4 Å². The third kappa shape index (κ3) is 4.59. The molecule has 0 heterocycles. The minimum absolute atomic E-state index is 0.153. The van der Waals surface area contributed by atoms with Gasteiger partial charge in [0, 0.05) is 11.4 Å². The van der Waals surface area contributed by atoms with Gasteiger partial charge in [0.05, 0.1) is 18.7 Å². The Morgan fingerprint density at radius 3 is 2.42 bits per heavy atom. The Balaban J connectivity index is 1.90. The van der Waals surface area contributed by atoms with Crippen LogP contribution in [0.1, 0.15) is 28.4 Å². The van der Waals surface area contributed by atoms with E-state index in [1.807, 2.05) is 32.0 Å². The minimum atomic E-state index is -0.369. The number of benzene rings is 2. The molecule has 2 rings (SSSR count). The van der Waals surface area contributed by atoms with E-state index in [1.165, 1.54) is 5.56 Å². The SMILES string of the molecule is CCOC(=O)c1ccc(NC(=O)CNc2cccc(C)c2C)cc1. The van der Waals surface area contributed by atoms with Gasteiger partial charge in [-0.25, -0.2) is 4.79 Å². The molecule has 2 aromatic carbocycles. The molecule has 0 fully saturated rings. The number of aryl methyl sites for hydroxylation is 1. The van der Waals surface area contributed by atoms with E-state index < -0.39 is 0 Å². The van der Waals surface area contributed by atoms with Gasteiger partial charge < -0.3 is 15.4 Å². The van der Waals surface area contributed by atoms with Crippen LogP contribution in [0, 0.1) is 13.8 Å². The lowest BCUT2D eigenvalue weighted by Crippen LogP contribution is -2.22. The highest BCUT2D eigenvalue weighted by Crippen LogP contribution is 2.17. The third-order valence-corrected chi connectivity index (χ3v) is 3.72. The number of carbonyl (C=O) groups is 2. The fourth-order valence-corrected chi connectivity index (χ4v) is 2.23. The normalized spacial score (nSPS) is 10.1. The summed E-state index contributed by atoms with van der Waals surface area (Å²) in [7, 11) is 0. The molecule has 24 heavy (non-hydrogen) atoms. The average Bonchev–Trinajstić information content (AvgIpc) is 2.57. The van der Waals surface area contributed by atoms with E-state index in [9.17, 15) is 9.59 Å². The Kier molecular flexibility index (Phi) is 5.95.